The molecule has 1 N–H and O–H groups in total. The molecule has 27 heavy (non-hydrogen) atoms. The molecule has 0 radical (unpaired) electrons. The van der Waals surface area contributed by atoms with E-state index in [1.165, 1.54) is 23.9 Å². The number of benzene rings is 2. The summed E-state index contributed by atoms with van der Waals surface area (Å²) in [5, 5.41) is 3.27. The Morgan fingerprint density at radius 1 is 1.19 bits per heavy atom. The lowest BCUT2D eigenvalue weighted by molar-refractivity contribution is -0.113. The third kappa shape index (κ3) is 4.85. The summed E-state index contributed by atoms with van der Waals surface area (Å²) in [6, 6.07) is 15.9. The topological polar surface area (TPSA) is 56.2 Å². The summed E-state index contributed by atoms with van der Waals surface area (Å²) in [5.41, 5.74) is 2.17. The number of ether oxygens (including phenoxy) is 1. The van der Waals surface area contributed by atoms with Gasteiger partial charge in [0.05, 0.1) is 23.3 Å². The molecule has 1 aromatic heterocycles. The molecule has 0 saturated carbocycles. The van der Waals surface area contributed by atoms with E-state index in [-0.39, 0.29) is 23.1 Å². The van der Waals surface area contributed by atoms with E-state index in [1.807, 2.05) is 41.9 Å². The first-order chi connectivity index (χ1) is 13.0. The quantitative estimate of drug-likeness (QED) is 0.608. The number of nitrogens with zero attached hydrogens (tertiary/aromatic N) is 2. The molecule has 3 rings (SSSR count). The lowest BCUT2D eigenvalue weighted by Gasteiger charge is -2.11. The largest absolute Gasteiger partial charge is 0.433 e. The van der Waals surface area contributed by atoms with Crippen molar-refractivity contribution in [2.45, 2.75) is 11.8 Å². The fourth-order valence-corrected chi connectivity index (χ4v) is 3.24. The number of anilines is 1. The fraction of sp³-hybridized carbons (Fsp3) is 0.158. The van der Waals surface area contributed by atoms with E-state index < -0.39 is 6.61 Å². The van der Waals surface area contributed by atoms with Crippen molar-refractivity contribution >= 4 is 23.4 Å². The molecule has 3 aromatic rings. The summed E-state index contributed by atoms with van der Waals surface area (Å²) < 4.78 is 31.2. The van der Waals surface area contributed by atoms with Gasteiger partial charge in [0.25, 0.3) is 0 Å². The number of hydrogen-bond acceptors (Lipinski definition) is 4. The minimum absolute atomic E-state index is 0.0748. The number of imidazole rings is 1. The Bertz CT molecular complexity index is 916. The lowest BCUT2D eigenvalue weighted by Crippen LogP contribution is -2.16. The average molecular weight is 389 g/mol. The molecular formula is C19H17F2N3O2S. The third-order valence-corrected chi connectivity index (χ3v) is 4.77. The second-order valence-electron chi connectivity index (χ2n) is 5.56. The molecule has 1 amide bonds. The van der Waals surface area contributed by atoms with Crippen LogP contribution in [0.15, 0.2) is 66.0 Å². The molecule has 0 aliphatic carbocycles. The van der Waals surface area contributed by atoms with E-state index in [1.54, 1.807) is 18.3 Å². The van der Waals surface area contributed by atoms with Gasteiger partial charge in [-0.05, 0) is 17.7 Å². The molecule has 0 saturated heterocycles. The normalized spacial score (nSPS) is 10.8. The van der Waals surface area contributed by atoms with Gasteiger partial charge in [-0.2, -0.15) is 8.78 Å². The number of carbonyl (C=O) groups excluding carboxylic acids is 1. The Labute approximate surface area is 159 Å². The van der Waals surface area contributed by atoms with Gasteiger partial charge in [0.1, 0.15) is 5.75 Å². The number of amides is 1. The zero-order chi connectivity index (χ0) is 19.2. The molecule has 140 valence electrons. The number of aromatic nitrogens is 2. The van der Waals surface area contributed by atoms with Crippen molar-refractivity contribution in [3.63, 3.8) is 0 Å². The highest BCUT2D eigenvalue weighted by Crippen LogP contribution is 2.27. The van der Waals surface area contributed by atoms with Crippen molar-refractivity contribution in [2.24, 2.45) is 7.05 Å². The highest BCUT2D eigenvalue weighted by atomic mass is 32.2. The summed E-state index contributed by atoms with van der Waals surface area (Å²) in [5.74, 6) is -0.328. The van der Waals surface area contributed by atoms with Crippen molar-refractivity contribution in [1.29, 1.82) is 0 Å². The van der Waals surface area contributed by atoms with E-state index in [4.69, 9.17) is 0 Å². The number of nitrogens with one attached hydrogen (secondary N) is 1. The van der Waals surface area contributed by atoms with E-state index in [2.05, 4.69) is 15.0 Å². The first-order valence-corrected chi connectivity index (χ1v) is 9.07. The summed E-state index contributed by atoms with van der Waals surface area (Å²) in [4.78, 5) is 16.5. The van der Waals surface area contributed by atoms with Gasteiger partial charge in [0.2, 0.25) is 5.91 Å². The first-order valence-electron chi connectivity index (χ1n) is 8.08. The number of hydrogen-bond donors (Lipinski definition) is 1. The maximum Gasteiger partial charge on any atom is 0.387 e. The van der Waals surface area contributed by atoms with Crippen molar-refractivity contribution in [3.05, 3.63) is 60.8 Å². The van der Waals surface area contributed by atoms with Crippen LogP contribution < -0.4 is 10.1 Å². The van der Waals surface area contributed by atoms with Crippen LogP contribution in [-0.2, 0) is 11.8 Å². The van der Waals surface area contributed by atoms with E-state index >= 15 is 0 Å². The van der Waals surface area contributed by atoms with Gasteiger partial charge in [0.15, 0.2) is 5.16 Å². The van der Waals surface area contributed by atoms with Gasteiger partial charge >= 0.3 is 6.61 Å². The van der Waals surface area contributed by atoms with Gasteiger partial charge in [-0.15, -0.1) is 0 Å². The molecule has 0 unspecified atom stereocenters. The Kier molecular flexibility index (Phi) is 6.08. The Hall–Kier alpha value is -2.87. The van der Waals surface area contributed by atoms with Crippen LogP contribution in [0, 0.1) is 0 Å². The average Bonchev–Trinajstić information content (AvgIpc) is 3.02. The van der Waals surface area contributed by atoms with Crippen LogP contribution >= 0.6 is 11.8 Å². The molecule has 8 heteroatoms. The van der Waals surface area contributed by atoms with E-state index in [0.717, 1.165) is 11.3 Å². The van der Waals surface area contributed by atoms with Crippen LogP contribution in [0.3, 0.4) is 0 Å². The van der Waals surface area contributed by atoms with Crippen molar-refractivity contribution in [1.82, 2.24) is 9.55 Å². The maximum atomic E-state index is 12.4. The highest BCUT2D eigenvalue weighted by Gasteiger charge is 2.14. The lowest BCUT2D eigenvalue weighted by atomic mass is 10.2. The molecule has 5 nitrogen and oxygen atoms in total. The molecular weight excluding hydrogens is 372 g/mol. The summed E-state index contributed by atoms with van der Waals surface area (Å²) in [6.07, 6.45) is 1.75. The highest BCUT2D eigenvalue weighted by molar-refractivity contribution is 7.99. The molecule has 0 spiro atoms. The standard InChI is InChI=1S/C19H17F2N3O2S/c1-24-15(13-7-3-2-4-8-13)11-22-19(24)27-12-17(25)23-14-9-5-6-10-16(14)26-18(20)21/h2-11,18H,12H2,1H3,(H,23,25). The molecule has 0 fully saturated rings. The summed E-state index contributed by atoms with van der Waals surface area (Å²) in [6.45, 7) is -2.96. The Morgan fingerprint density at radius 3 is 2.63 bits per heavy atom. The Morgan fingerprint density at radius 2 is 1.89 bits per heavy atom. The van der Waals surface area contributed by atoms with E-state index in [9.17, 15) is 13.6 Å². The minimum atomic E-state index is -2.96. The van der Waals surface area contributed by atoms with Gasteiger partial charge in [0, 0.05) is 7.05 Å². The number of carbonyl (C=O) groups is 1. The first kappa shape index (κ1) is 18.9. The van der Waals surface area contributed by atoms with Crippen LogP contribution in [0.2, 0.25) is 0 Å². The molecule has 0 aliphatic heterocycles. The SMILES string of the molecule is Cn1c(-c2ccccc2)cnc1SCC(=O)Nc1ccccc1OC(F)F. The number of rotatable bonds is 7. The van der Waals surface area contributed by atoms with Crippen molar-refractivity contribution < 1.29 is 18.3 Å². The second kappa shape index (κ2) is 8.68. The van der Waals surface area contributed by atoms with Crippen molar-refractivity contribution in [2.75, 3.05) is 11.1 Å². The van der Waals surface area contributed by atoms with Gasteiger partial charge in [-0.1, -0.05) is 54.2 Å². The number of alkyl halides is 2. The number of thioether (sulfide) groups is 1. The van der Waals surface area contributed by atoms with E-state index in [0.29, 0.717) is 5.16 Å². The number of para-hydroxylation sites is 2. The molecule has 0 atom stereocenters. The van der Waals surface area contributed by atoms with Gasteiger partial charge in [-0.25, -0.2) is 4.98 Å². The molecule has 0 bridgehead atoms. The summed E-state index contributed by atoms with van der Waals surface area (Å²) in [7, 11) is 1.88. The third-order valence-electron chi connectivity index (χ3n) is 3.72. The van der Waals surface area contributed by atoms with Crippen LogP contribution in [0.1, 0.15) is 0 Å². The fourth-order valence-electron chi connectivity index (χ4n) is 2.49. The van der Waals surface area contributed by atoms with Gasteiger partial charge < -0.3 is 14.6 Å². The zero-order valence-corrected chi connectivity index (χ0v) is 15.2. The van der Waals surface area contributed by atoms with Crippen molar-refractivity contribution in [3.8, 4) is 17.0 Å². The van der Waals surface area contributed by atoms with Gasteiger partial charge in [-0.3, -0.25) is 4.79 Å². The molecule has 0 aliphatic rings. The predicted octanol–water partition coefficient (Wildman–Crippen LogP) is 4.42. The maximum absolute atomic E-state index is 12.4. The minimum Gasteiger partial charge on any atom is -0.433 e. The number of halogens is 2. The van der Waals surface area contributed by atoms with Crippen LogP contribution in [-0.4, -0.2) is 27.8 Å². The zero-order valence-electron chi connectivity index (χ0n) is 14.4. The molecule has 2 aromatic carbocycles. The second-order valence-corrected chi connectivity index (χ2v) is 6.51. The predicted molar refractivity (Wildman–Crippen MR) is 101 cm³/mol. The monoisotopic (exact) mass is 389 g/mol. The van der Waals surface area contributed by atoms with Crippen LogP contribution in [0.25, 0.3) is 11.3 Å². The van der Waals surface area contributed by atoms with Crippen LogP contribution in [0.5, 0.6) is 5.75 Å². The summed E-state index contributed by atoms with van der Waals surface area (Å²) >= 11 is 1.26. The molecule has 1 heterocycles. The smallest absolute Gasteiger partial charge is 0.387 e. The van der Waals surface area contributed by atoms with Crippen LogP contribution in [0.4, 0.5) is 14.5 Å². The Balaban J connectivity index is 1.63.